The van der Waals surface area contributed by atoms with Gasteiger partial charge in [0.25, 0.3) is 5.91 Å². The van der Waals surface area contributed by atoms with E-state index in [1.807, 2.05) is 0 Å². The second kappa shape index (κ2) is 4.75. The summed E-state index contributed by atoms with van der Waals surface area (Å²) in [6.07, 6.45) is 0. The highest BCUT2D eigenvalue weighted by Gasteiger charge is 2.14. The molecule has 0 aromatic heterocycles. The summed E-state index contributed by atoms with van der Waals surface area (Å²) < 4.78 is 12.7. The molecule has 0 saturated carbocycles. The van der Waals surface area contributed by atoms with E-state index in [1.165, 1.54) is 17.0 Å². The van der Waals surface area contributed by atoms with E-state index in [4.69, 9.17) is 10.8 Å². The van der Waals surface area contributed by atoms with Crippen LogP contribution in [0.3, 0.4) is 0 Å². The summed E-state index contributed by atoms with van der Waals surface area (Å²) in [6, 6.07) is 3.61. The molecule has 0 aliphatic carbocycles. The predicted octanol–water partition coefficient (Wildman–Crippen LogP) is 0.472. The summed E-state index contributed by atoms with van der Waals surface area (Å²) in [5.74, 6) is -0.810. The van der Waals surface area contributed by atoms with Crippen LogP contribution in [0.1, 0.15) is 10.4 Å². The van der Waals surface area contributed by atoms with Crippen molar-refractivity contribution in [2.45, 2.75) is 0 Å². The number of rotatable bonds is 3. The van der Waals surface area contributed by atoms with Crippen molar-refractivity contribution in [1.29, 1.82) is 0 Å². The molecule has 15 heavy (non-hydrogen) atoms. The van der Waals surface area contributed by atoms with Crippen LogP contribution in [-0.2, 0) is 0 Å². The standard InChI is InChI=1S/C10H13FN2O2/c1-13(4-5-14)10(15)8-3-2-7(11)6-9(8)12/h2-3,6,14H,4-5,12H2,1H3. The molecule has 0 radical (unpaired) electrons. The Labute approximate surface area is 87.1 Å². The molecule has 0 atom stereocenters. The normalized spacial score (nSPS) is 10.1. The number of likely N-dealkylation sites (N-methyl/N-ethyl adjacent to an activating group) is 1. The maximum absolute atomic E-state index is 12.7. The van der Waals surface area contributed by atoms with E-state index in [9.17, 15) is 9.18 Å². The third-order valence-electron chi connectivity index (χ3n) is 2.03. The van der Waals surface area contributed by atoms with Gasteiger partial charge in [0.15, 0.2) is 0 Å². The lowest BCUT2D eigenvalue weighted by molar-refractivity contribution is 0.0768. The van der Waals surface area contributed by atoms with Crippen molar-refractivity contribution >= 4 is 11.6 Å². The molecule has 0 heterocycles. The Morgan fingerprint density at radius 3 is 2.80 bits per heavy atom. The van der Waals surface area contributed by atoms with Crippen molar-refractivity contribution < 1.29 is 14.3 Å². The molecule has 5 heteroatoms. The number of nitrogen functional groups attached to an aromatic ring is 1. The van der Waals surface area contributed by atoms with Crippen LogP contribution in [0.25, 0.3) is 0 Å². The first-order valence-corrected chi connectivity index (χ1v) is 4.47. The molecule has 0 fully saturated rings. The Kier molecular flexibility index (Phi) is 3.62. The highest BCUT2D eigenvalue weighted by molar-refractivity contribution is 5.98. The van der Waals surface area contributed by atoms with Crippen molar-refractivity contribution in [3.63, 3.8) is 0 Å². The van der Waals surface area contributed by atoms with Gasteiger partial charge in [-0.3, -0.25) is 4.79 Å². The lowest BCUT2D eigenvalue weighted by Gasteiger charge is -2.16. The number of hydrogen-bond acceptors (Lipinski definition) is 3. The van der Waals surface area contributed by atoms with Crippen molar-refractivity contribution in [2.24, 2.45) is 0 Å². The van der Waals surface area contributed by atoms with E-state index in [1.54, 1.807) is 7.05 Å². The van der Waals surface area contributed by atoms with E-state index in [-0.39, 0.29) is 30.3 Å². The maximum atomic E-state index is 12.7. The first kappa shape index (κ1) is 11.5. The maximum Gasteiger partial charge on any atom is 0.255 e. The highest BCUT2D eigenvalue weighted by atomic mass is 19.1. The van der Waals surface area contributed by atoms with Crippen molar-refractivity contribution in [2.75, 3.05) is 25.9 Å². The van der Waals surface area contributed by atoms with Crippen LogP contribution in [0.2, 0.25) is 0 Å². The van der Waals surface area contributed by atoms with Gasteiger partial charge in [-0.1, -0.05) is 0 Å². The summed E-state index contributed by atoms with van der Waals surface area (Å²) in [4.78, 5) is 13.0. The van der Waals surface area contributed by atoms with Gasteiger partial charge in [-0.25, -0.2) is 4.39 Å². The average Bonchev–Trinajstić information content (AvgIpc) is 2.17. The Balaban J connectivity index is 2.91. The fraction of sp³-hybridized carbons (Fsp3) is 0.300. The first-order valence-electron chi connectivity index (χ1n) is 4.47. The van der Waals surface area contributed by atoms with Crippen LogP contribution in [0.15, 0.2) is 18.2 Å². The summed E-state index contributed by atoms with van der Waals surface area (Å²) in [5, 5.41) is 8.66. The van der Waals surface area contributed by atoms with Crippen molar-refractivity contribution in [3.8, 4) is 0 Å². The SMILES string of the molecule is CN(CCO)C(=O)c1ccc(F)cc1N. The van der Waals surface area contributed by atoms with Gasteiger partial charge in [0.2, 0.25) is 0 Å². The van der Waals surface area contributed by atoms with Crippen LogP contribution in [0.5, 0.6) is 0 Å². The number of halogens is 1. The fourth-order valence-corrected chi connectivity index (χ4v) is 1.19. The molecular formula is C10H13FN2O2. The molecule has 1 rings (SSSR count). The van der Waals surface area contributed by atoms with E-state index >= 15 is 0 Å². The Morgan fingerprint density at radius 1 is 1.60 bits per heavy atom. The minimum atomic E-state index is -0.478. The lowest BCUT2D eigenvalue weighted by atomic mass is 10.1. The minimum absolute atomic E-state index is 0.102. The number of amides is 1. The number of carbonyl (C=O) groups is 1. The number of carbonyl (C=O) groups excluding carboxylic acids is 1. The summed E-state index contributed by atoms with van der Waals surface area (Å²) >= 11 is 0. The smallest absolute Gasteiger partial charge is 0.255 e. The molecule has 3 N–H and O–H groups in total. The third-order valence-corrected chi connectivity index (χ3v) is 2.03. The highest BCUT2D eigenvalue weighted by Crippen LogP contribution is 2.14. The molecule has 0 unspecified atom stereocenters. The fourth-order valence-electron chi connectivity index (χ4n) is 1.19. The number of benzene rings is 1. The van der Waals surface area contributed by atoms with E-state index in [0.29, 0.717) is 0 Å². The molecule has 82 valence electrons. The topological polar surface area (TPSA) is 66.6 Å². The van der Waals surface area contributed by atoms with Crippen LogP contribution < -0.4 is 5.73 Å². The molecule has 1 aromatic carbocycles. The largest absolute Gasteiger partial charge is 0.398 e. The van der Waals surface area contributed by atoms with Crippen LogP contribution >= 0.6 is 0 Å². The Morgan fingerprint density at radius 2 is 2.27 bits per heavy atom. The third kappa shape index (κ3) is 2.66. The lowest BCUT2D eigenvalue weighted by Crippen LogP contribution is -2.30. The predicted molar refractivity (Wildman–Crippen MR) is 54.9 cm³/mol. The van der Waals surface area contributed by atoms with Crippen LogP contribution in [-0.4, -0.2) is 36.1 Å². The molecule has 1 amide bonds. The van der Waals surface area contributed by atoms with Crippen molar-refractivity contribution in [1.82, 2.24) is 4.90 Å². The molecule has 0 aliphatic heterocycles. The summed E-state index contributed by atoms with van der Waals surface area (Å²) in [7, 11) is 1.54. The zero-order chi connectivity index (χ0) is 11.4. The van der Waals surface area contributed by atoms with E-state index < -0.39 is 5.82 Å². The number of anilines is 1. The summed E-state index contributed by atoms with van der Waals surface area (Å²) in [6.45, 7) is 0.0962. The number of hydrogen-bond donors (Lipinski definition) is 2. The Bertz CT molecular complexity index is 368. The van der Waals surface area contributed by atoms with Gasteiger partial charge in [0.05, 0.1) is 12.2 Å². The zero-order valence-corrected chi connectivity index (χ0v) is 8.40. The number of nitrogens with two attached hydrogens (primary N) is 1. The molecular weight excluding hydrogens is 199 g/mol. The van der Waals surface area contributed by atoms with Gasteiger partial charge in [-0.05, 0) is 18.2 Å². The molecule has 0 saturated heterocycles. The molecule has 0 aliphatic rings. The first-order chi connectivity index (χ1) is 7.06. The quantitative estimate of drug-likeness (QED) is 0.716. The van der Waals surface area contributed by atoms with Crippen LogP contribution in [0.4, 0.5) is 10.1 Å². The number of aliphatic hydroxyl groups excluding tert-OH is 1. The molecule has 1 aromatic rings. The van der Waals surface area contributed by atoms with Gasteiger partial charge in [0, 0.05) is 19.3 Å². The number of aliphatic hydroxyl groups is 1. The number of nitrogens with zero attached hydrogens (tertiary/aromatic N) is 1. The van der Waals surface area contributed by atoms with Gasteiger partial charge >= 0.3 is 0 Å². The molecule has 0 spiro atoms. The van der Waals surface area contributed by atoms with Gasteiger partial charge in [0.1, 0.15) is 5.82 Å². The van der Waals surface area contributed by atoms with Gasteiger partial charge in [-0.2, -0.15) is 0 Å². The Hall–Kier alpha value is -1.62. The zero-order valence-electron chi connectivity index (χ0n) is 8.40. The summed E-state index contributed by atoms with van der Waals surface area (Å²) in [5.41, 5.74) is 5.85. The minimum Gasteiger partial charge on any atom is -0.398 e. The van der Waals surface area contributed by atoms with Crippen molar-refractivity contribution in [3.05, 3.63) is 29.6 Å². The van der Waals surface area contributed by atoms with Gasteiger partial charge in [-0.15, -0.1) is 0 Å². The van der Waals surface area contributed by atoms with Crippen LogP contribution in [0, 0.1) is 5.82 Å². The van der Waals surface area contributed by atoms with E-state index in [2.05, 4.69) is 0 Å². The second-order valence-corrected chi connectivity index (χ2v) is 3.18. The molecule has 0 bridgehead atoms. The van der Waals surface area contributed by atoms with Gasteiger partial charge < -0.3 is 15.7 Å². The van der Waals surface area contributed by atoms with E-state index in [0.717, 1.165) is 6.07 Å². The average molecular weight is 212 g/mol. The molecule has 4 nitrogen and oxygen atoms in total. The second-order valence-electron chi connectivity index (χ2n) is 3.18. The monoisotopic (exact) mass is 212 g/mol.